The average molecular weight is 499 g/mol. The highest BCUT2D eigenvalue weighted by atomic mass is 32.2. The number of hydrogen-bond acceptors (Lipinski definition) is 6. The molecule has 3 aromatic rings. The second-order valence-electron chi connectivity index (χ2n) is 8.49. The fraction of sp³-hybridized carbons (Fsp3) is 0.360. The molecule has 7 nitrogen and oxygen atoms in total. The molecule has 9 heteroatoms. The molecule has 1 amide bonds. The summed E-state index contributed by atoms with van der Waals surface area (Å²) < 4.78 is 26.7. The van der Waals surface area contributed by atoms with Crippen LogP contribution >= 0.6 is 11.3 Å². The van der Waals surface area contributed by atoms with Crippen LogP contribution in [-0.4, -0.2) is 48.7 Å². The van der Waals surface area contributed by atoms with Gasteiger partial charge in [0.25, 0.3) is 5.91 Å². The molecule has 1 aliphatic rings. The number of thiazole rings is 1. The lowest BCUT2D eigenvalue weighted by Crippen LogP contribution is -2.29. The molecule has 1 aromatic heterocycles. The molecule has 0 saturated heterocycles. The standard InChI is InChI=1S/C25H30N4O3S2/c1-3-4-15-28(2)34(31,32)21-12-10-20(11-13-21)24(30)27-25-26-22-14-16-29(18-23(22)33-25)17-19-8-6-5-7-9-19/h5-13H,3-4,14-18H2,1-2H3,(H,26,27,30). The molecule has 4 rings (SSSR count). The predicted octanol–water partition coefficient (Wildman–Crippen LogP) is 4.37. The van der Waals surface area contributed by atoms with Gasteiger partial charge in [-0.3, -0.25) is 15.0 Å². The van der Waals surface area contributed by atoms with Crippen molar-refractivity contribution in [1.82, 2.24) is 14.2 Å². The lowest BCUT2D eigenvalue weighted by molar-refractivity contribution is 0.102. The largest absolute Gasteiger partial charge is 0.298 e. The van der Waals surface area contributed by atoms with E-state index in [0.29, 0.717) is 17.2 Å². The van der Waals surface area contributed by atoms with Crippen molar-refractivity contribution in [1.29, 1.82) is 0 Å². The van der Waals surface area contributed by atoms with Crippen molar-refractivity contribution in [3.05, 3.63) is 76.3 Å². The lowest BCUT2D eigenvalue weighted by Gasteiger charge is -2.25. The lowest BCUT2D eigenvalue weighted by atomic mass is 10.1. The van der Waals surface area contributed by atoms with Crippen molar-refractivity contribution in [2.24, 2.45) is 0 Å². The molecule has 0 saturated carbocycles. The zero-order valence-corrected chi connectivity index (χ0v) is 21.2. The van der Waals surface area contributed by atoms with E-state index in [1.54, 1.807) is 19.2 Å². The molecule has 1 aliphatic heterocycles. The van der Waals surface area contributed by atoms with Crippen LogP contribution in [0.5, 0.6) is 0 Å². The molecule has 0 bridgehead atoms. The van der Waals surface area contributed by atoms with Gasteiger partial charge in [-0.1, -0.05) is 43.7 Å². The van der Waals surface area contributed by atoms with Gasteiger partial charge in [0.15, 0.2) is 5.13 Å². The highest BCUT2D eigenvalue weighted by molar-refractivity contribution is 7.89. The van der Waals surface area contributed by atoms with E-state index in [2.05, 4.69) is 39.5 Å². The summed E-state index contributed by atoms with van der Waals surface area (Å²) in [5.74, 6) is -0.296. The van der Waals surface area contributed by atoms with Crippen LogP contribution in [0.4, 0.5) is 5.13 Å². The van der Waals surface area contributed by atoms with Crippen LogP contribution in [0.2, 0.25) is 0 Å². The van der Waals surface area contributed by atoms with E-state index in [-0.39, 0.29) is 10.8 Å². The first kappa shape index (κ1) is 24.5. The van der Waals surface area contributed by atoms with Crippen LogP contribution in [0.15, 0.2) is 59.5 Å². The summed E-state index contributed by atoms with van der Waals surface area (Å²) in [7, 11) is -1.98. The van der Waals surface area contributed by atoms with Crippen molar-refractivity contribution in [2.75, 3.05) is 25.5 Å². The van der Waals surface area contributed by atoms with Gasteiger partial charge in [0.1, 0.15) is 0 Å². The molecule has 0 fully saturated rings. The molecule has 0 aliphatic carbocycles. The number of carbonyl (C=O) groups excluding carboxylic acids is 1. The quantitative estimate of drug-likeness (QED) is 0.474. The maximum absolute atomic E-state index is 12.8. The Hall–Kier alpha value is -2.59. The number of fused-ring (bicyclic) bond motifs is 1. The van der Waals surface area contributed by atoms with Gasteiger partial charge >= 0.3 is 0 Å². The summed E-state index contributed by atoms with van der Waals surface area (Å²) in [6.45, 7) is 5.13. The summed E-state index contributed by atoms with van der Waals surface area (Å²) in [5.41, 5.74) is 2.72. The Bertz CT molecular complexity index is 1220. The molecule has 0 atom stereocenters. The van der Waals surface area contributed by atoms with Crippen LogP contribution in [0, 0.1) is 0 Å². The van der Waals surface area contributed by atoms with Crippen LogP contribution in [0.25, 0.3) is 0 Å². The molecular formula is C25H30N4O3S2. The molecule has 0 spiro atoms. The van der Waals surface area contributed by atoms with Crippen LogP contribution in [0.1, 0.15) is 46.3 Å². The Morgan fingerprint density at radius 2 is 1.88 bits per heavy atom. The summed E-state index contributed by atoms with van der Waals surface area (Å²) in [4.78, 5) is 21.1. The summed E-state index contributed by atoms with van der Waals surface area (Å²) in [5, 5.41) is 3.46. The van der Waals surface area contributed by atoms with Crippen LogP contribution < -0.4 is 5.32 Å². The Balaban J connectivity index is 1.38. The Morgan fingerprint density at radius 3 is 2.59 bits per heavy atom. The number of amides is 1. The van der Waals surface area contributed by atoms with Gasteiger partial charge in [0, 0.05) is 50.1 Å². The van der Waals surface area contributed by atoms with E-state index >= 15 is 0 Å². The predicted molar refractivity (Wildman–Crippen MR) is 135 cm³/mol. The first-order valence-electron chi connectivity index (χ1n) is 11.5. The maximum Gasteiger partial charge on any atom is 0.257 e. The van der Waals surface area contributed by atoms with E-state index in [1.165, 1.54) is 38.2 Å². The van der Waals surface area contributed by atoms with Gasteiger partial charge in [-0.2, -0.15) is 0 Å². The van der Waals surface area contributed by atoms with Gasteiger partial charge in [0.2, 0.25) is 10.0 Å². The zero-order valence-electron chi connectivity index (χ0n) is 19.5. The number of unbranched alkanes of at least 4 members (excludes halogenated alkanes) is 1. The van der Waals surface area contributed by atoms with E-state index < -0.39 is 10.0 Å². The second kappa shape index (κ2) is 10.8. The third-order valence-corrected chi connectivity index (χ3v) is 8.80. The number of nitrogens with zero attached hydrogens (tertiary/aromatic N) is 3. The van der Waals surface area contributed by atoms with E-state index in [4.69, 9.17) is 0 Å². The monoisotopic (exact) mass is 498 g/mol. The summed E-state index contributed by atoms with van der Waals surface area (Å²) in [6.07, 6.45) is 2.58. The van der Waals surface area contributed by atoms with Crippen molar-refractivity contribution in [3.8, 4) is 0 Å². The highest BCUT2D eigenvalue weighted by Crippen LogP contribution is 2.29. The SMILES string of the molecule is CCCCN(C)S(=O)(=O)c1ccc(C(=O)Nc2nc3c(s2)CN(Cc2ccccc2)CC3)cc1. The van der Waals surface area contributed by atoms with Crippen molar-refractivity contribution >= 4 is 32.4 Å². The van der Waals surface area contributed by atoms with Crippen molar-refractivity contribution in [2.45, 2.75) is 44.2 Å². The Morgan fingerprint density at radius 1 is 1.15 bits per heavy atom. The molecule has 180 valence electrons. The molecule has 0 radical (unpaired) electrons. The van der Waals surface area contributed by atoms with E-state index in [1.807, 2.05) is 13.0 Å². The van der Waals surface area contributed by atoms with Crippen molar-refractivity contribution < 1.29 is 13.2 Å². The van der Waals surface area contributed by atoms with Gasteiger partial charge < -0.3 is 0 Å². The minimum Gasteiger partial charge on any atom is -0.298 e. The first-order valence-corrected chi connectivity index (χ1v) is 13.7. The Kier molecular flexibility index (Phi) is 7.77. The van der Waals surface area contributed by atoms with Gasteiger partial charge in [0.05, 0.1) is 10.6 Å². The minimum absolute atomic E-state index is 0.186. The average Bonchev–Trinajstić information content (AvgIpc) is 3.24. The molecule has 2 aromatic carbocycles. The number of carbonyl (C=O) groups is 1. The van der Waals surface area contributed by atoms with Gasteiger partial charge in [-0.05, 0) is 36.2 Å². The minimum atomic E-state index is -3.56. The van der Waals surface area contributed by atoms with Crippen molar-refractivity contribution in [3.63, 3.8) is 0 Å². The third kappa shape index (κ3) is 5.72. The first-order chi connectivity index (χ1) is 16.4. The number of nitrogens with one attached hydrogen (secondary N) is 1. The molecule has 34 heavy (non-hydrogen) atoms. The number of hydrogen-bond donors (Lipinski definition) is 1. The fourth-order valence-corrected chi connectivity index (χ4v) is 6.16. The van der Waals surface area contributed by atoms with E-state index in [0.717, 1.165) is 44.6 Å². The number of sulfonamides is 1. The topological polar surface area (TPSA) is 82.6 Å². The van der Waals surface area contributed by atoms with Crippen LogP contribution in [-0.2, 0) is 29.5 Å². The third-order valence-electron chi connectivity index (χ3n) is 5.93. The fourth-order valence-electron chi connectivity index (χ4n) is 3.91. The van der Waals surface area contributed by atoms with Gasteiger partial charge in [-0.15, -0.1) is 11.3 Å². The zero-order chi connectivity index (χ0) is 24.1. The van der Waals surface area contributed by atoms with Crippen LogP contribution in [0.3, 0.4) is 0 Å². The molecule has 1 N–H and O–H groups in total. The Labute approximate surface area is 205 Å². The number of aromatic nitrogens is 1. The molecule has 2 heterocycles. The second-order valence-corrected chi connectivity index (χ2v) is 11.6. The number of anilines is 1. The molecular weight excluding hydrogens is 468 g/mol. The van der Waals surface area contributed by atoms with E-state index in [9.17, 15) is 13.2 Å². The molecule has 0 unspecified atom stereocenters. The smallest absolute Gasteiger partial charge is 0.257 e. The number of benzene rings is 2. The van der Waals surface area contributed by atoms with Gasteiger partial charge in [-0.25, -0.2) is 17.7 Å². The number of rotatable bonds is 9. The highest BCUT2D eigenvalue weighted by Gasteiger charge is 2.23. The normalized spacial score (nSPS) is 14.2. The summed E-state index contributed by atoms with van der Waals surface area (Å²) >= 11 is 1.50. The summed E-state index contributed by atoms with van der Waals surface area (Å²) in [6, 6.07) is 16.5. The maximum atomic E-state index is 12.8.